The molecule has 3 N–H and O–H groups in total. The van der Waals surface area contributed by atoms with Gasteiger partial charge in [0.1, 0.15) is 11.8 Å². The molecule has 1 saturated heterocycles. The lowest BCUT2D eigenvalue weighted by Crippen LogP contribution is -2.35. The van der Waals surface area contributed by atoms with Crippen LogP contribution in [0.5, 0.6) is 5.75 Å². The first-order valence-electron chi connectivity index (χ1n) is 6.41. The van der Waals surface area contributed by atoms with Crippen molar-refractivity contribution in [3.05, 3.63) is 23.0 Å². The van der Waals surface area contributed by atoms with Crippen molar-refractivity contribution in [2.75, 3.05) is 12.4 Å². The number of ether oxygens (including phenoxy) is 1. The summed E-state index contributed by atoms with van der Waals surface area (Å²) in [5.41, 5.74) is 1.65. The van der Waals surface area contributed by atoms with Gasteiger partial charge in [-0.15, -0.1) is 11.8 Å². The summed E-state index contributed by atoms with van der Waals surface area (Å²) in [5, 5.41) is 22.4. The highest BCUT2D eigenvalue weighted by Crippen LogP contribution is 2.40. The molecule has 6 nitrogen and oxygen atoms in total. The van der Waals surface area contributed by atoms with Crippen LogP contribution in [0.1, 0.15) is 29.1 Å². The number of carbonyl (C=O) groups is 1. The molecule has 0 amide bonds. The minimum Gasteiger partial charge on any atom is -0.506 e. The summed E-state index contributed by atoms with van der Waals surface area (Å²) in [7, 11) is 0. The van der Waals surface area contributed by atoms with E-state index in [1.54, 1.807) is 20.0 Å². The van der Waals surface area contributed by atoms with Gasteiger partial charge in [-0.25, -0.2) is 0 Å². The number of aryl methyl sites for hydroxylation is 1. The number of carbonyl (C=O) groups excluding carboxylic acids is 1. The molecule has 0 aromatic carbocycles. The van der Waals surface area contributed by atoms with Gasteiger partial charge in [-0.05, 0) is 13.8 Å². The van der Waals surface area contributed by atoms with Gasteiger partial charge in [0.25, 0.3) is 0 Å². The smallest absolute Gasteiger partial charge is 0.324 e. The van der Waals surface area contributed by atoms with E-state index >= 15 is 0 Å². The van der Waals surface area contributed by atoms with E-state index in [1.807, 2.05) is 0 Å². The number of aliphatic hydroxyl groups excluding tert-OH is 1. The standard InChI is InChI=1S/C13H18N2O4S/c1-3-19-13(18)9-6-20-12(15-9)10-8(5-16)4-14-7(2)11(10)17/h4,9,12,15-17H,3,5-6H2,1-2H3/t9-,12+/m0/s1. The van der Waals surface area contributed by atoms with Crippen LogP contribution in [0, 0.1) is 6.92 Å². The van der Waals surface area contributed by atoms with E-state index in [2.05, 4.69) is 10.3 Å². The van der Waals surface area contributed by atoms with E-state index in [0.717, 1.165) is 0 Å². The van der Waals surface area contributed by atoms with Crippen molar-refractivity contribution < 1.29 is 19.7 Å². The predicted molar refractivity (Wildman–Crippen MR) is 75.3 cm³/mol. The Morgan fingerprint density at radius 1 is 1.65 bits per heavy atom. The second-order valence-electron chi connectivity index (χ2n) is 4.47. The lowest BCUT2D eigenvalue weighted by atomic mass is 10.1. The number of aliphatic hydroxyl groups is 1. The lowest BCUT2D eigenvalue weighted by Gasteiger charge is -2.18. The third kappa shape index (κ3) is 2.89. The van der Waals surface area contributed by atoms with Crippen molar-refractivity contribution in [3.8, 4) is 5.75 Å². The van der Waals surface area contributed by atoms with Gasteiger partial charge in [-0.1, -0.05) is 0 Å². The summed E-state index contributed by atoms with van der Waals surface area (Å²) in [6, 6.07) is -0.399. The monoisotopic (exact) mass is 298 g/mol. The number of hydrogen-bond acceptors (Lipinski definition) is 7. The average molecular weight is 298 g/mol. The molecule has 0 spiro atoms. The van der Waals surface area contributed by atoms with E-state index in [4.69, 9.17) is 4.74 Å². The maximum absolute atomic E-state index is 11.7. The van der Waals surface area contributed by atoms with Gasteiger partial charge < -0.3 is 14.9 Å². The zero-order valence-electron chi connectivity index (χ0n) is 11.4. The highest BCUT2D eigenvalue weighted by Gasteiger charge is 2.34. The van der Waals surface area contributed by atoms with Crippen LogP contribution < -0.4 is 5.32 Å². The summed E-state index contributed by atoms with van der Waals surface area (Å²) in [6.45, 7) is 3.59. The quantitative estimate of drug-likeness (QED) is 0.710. The fraction of sp³-hybridized carbons (Fsp3) is 0.538. The number of nitrogens with one attached hydrogen (secondary N) is 1. The van der Waals surface area contributed by atoms with E-state index in [9.17, 15) is 15.0 Å². The van der Waals surface area contributed by atoms with Crippen LogP contribution in [0.15, 0.2) is 6.20 Å². The summed E-state index contributed by atoms with van der Waals surface area (Å²) < 4.78 is 4.98. The molecule has 0 bridgehead atoms. The molecular weight excluding hydrogens is 280 g/mol. The third-order valence-electron chi connectivity index (χ3n) is 3.14. The van der Waals surface area contributed by atoms with Gasteiger partial charge in [0, 0.05) is 23.1 Å². The molecule has 2 atom stereocenters. The molecule has 0 unspecified atom stereocenters. The fourth-order valence-corrected chi connectivity index (χ4v) is 3.40. The second kappa shape index (κ2) is 6.43. The number of pyridine rings is 1. The number of nitrogens with zero attached hydrogens (tertiary/aromatic N) is 1. The average Bonchev–Trinajstić information content (AvgIpc) is 2.91. The van der Waals surface area contributed by atoms with Crippen LogP contribution >= 0.6 is 11.8 Å². The molecule has 1 aromatic rings. The molecule has 0 aliphatic carbocycles. The van der Waals surface area contributed by atoms with Gasteiger partial charge in [0.05, 0.1) is 24.3 Å². The van der Waals surface area contributed by atoms with Crippen molar-refractivity contribution in [1.82, 2.24) is 10.3 Å². The van der Waals surface area contributed by atoms with Gasteiger partial charge >= 0.3 is 5.97 Å². The van der Waals surface area contributed by atoms with Crippen molar-refractivity contribution in [2.24, 2.45) is 0 Å². The Hall–Kier alpha value is -1.31. The first kappa shape index (κ1) is 15.1. The summed E-state index contributed by atoms with van der Waals surface area (Å²) in [5.74, 6) is 0.333. The number of aromatic hydroxyl groups is 1. The Morgan fingerprint density at radius 3 is 3.05 bits per heavy atom. The van der Waals surface area contributed by atoms with Crippen molar-refractivity contribution in [1.29, 1.82) is 0 Å². The molecule has 1 aromatic heterocycles. The molecule has 2 rings (SSSR count). The van der Waals surface area contributed by atoms with Crippen LogP contribution in [0.2, 0.25) is 0 Å². The normalized spacial score (nSPS) is 21.9. The molecule has 110 valence electrons. The van der Waals surface area contributed by atoms with E-state index in [1.165, 1.54) is 11.8 Å². The van der Waals surface area contributed by atoms with Gasteiger partial charge in [0.15, 0.2) is 0 Å². The number of thioether (sulfide) groups is 1. The van der Waals surface area contributed by atoms with E-state index in [0.29, 0.717) is 29.2 Å². The van der Waals surface area contributed by atoms with Crippen molar-refractivity contribution in [3.63, 3.8) is 0 Å². The Balaban J connectivity index is 2.22. The maximum atomic E-state index is 11.7. The number of rotatable bonds is 4. The van der Waals surface area contributed by atoms with Gasteiger partial charge in [-0.3, -0.25) is 15.1 Å². The number of aromatic nitrogens is 1. The lowest BCUT2D eigenvalue weighted by molar-refractivity contribution is -0.144. The van der Waals surface area contributed by atoms with Crippen LogP contribution in [0.4, 0.5) is 0 Å². The van der Waals surface area contributed by atoms with Crippen LogP contribution in [0.3, 0.4) is 0 Å². The third-order valence-corrected chi connectivity index (χ3v) is 4.37. The Kier molecular flexibility index (Phi) is 4.85. The molecule has 2 heterocycles. The molecule has 1 aliphatic rings. The van der Waals surface area contributed by atoms with Crippen LogP contribution in [0.25, 0.3) is 0 Å². The first-order valence-corrected chi connectivity index (χ1v) is 7.45. The Bertz CT molecular complexity index is 509. The zero-order chi connectivity index (χ0) is 14.7. The van der Waals surface area contributed by atoms with Gasteiger partial charge in [-0.2, -0.15) is 0 Å². The molecule has 0 saturated carbocycles. The van der Waals surface area contributed by atoms with E-state index < -0.39 is 6.04 Å². The topological polar surface area (TPSA) is 91.7 Å². The highest BCUT2D eigenvalue weighted by atomic mass is 32.2. The van der Waals surface area contributed by atoms with Crippen molar-refractivity contribution in [2.45, 2.75) is 31.9 Å². The molecule has 0 radical (unpaired) electrons. The Labute approximate surface area is 121 Å². The second-order valence-corrected chi connectivity index (χ2v) is 5.61. The molecule has 1 fully saturated rings. The minimum atomic E-state index is -0.399. The van der Waals surface area contributed by atoms with Crippen molar-refractivity contribution >= 4 is 17.7 Å². The minimum absolute atomic E-state index is 0.0612. The zero-order valence-corrected chi connectivity index (χ0v) is 12.2. The van der Waals surface area contributed by atoms with Gasteiger partial charge in [0.2, 0.25) is 0 Å². The number of hydrogen-bond donors (Lipinski definition) is 3. The maximum Gasteiger partial charge on any atom is 0.324 e. The van der Waals surface area contributed by atoms with Crippen LogP contribution in [-0.4, -0.2) is 39.6 Å². The largest absolute Gasteiger partial charge is 0.506 e. The summed E-state index contributed by atoms with van der Waals surface area (Å²) in [4.78, 5) is 15.7. The fourth-order valence-electron chi connectivity index (χ4n) is 2.09. The summed E-state index contributed by atoms with van der Waals surface area (Å²) in [6.07, 6.45) is 1.55. The predicted octanol–water partition coefficient (Wildman–Crippen LogP) is 0.855. The van der Waals surface area contributed by atoms with E-state index in [-0.39, 0.29) is 23.7 Å². The molecular formula is C13H18N2O4S. The summed E-state index contributed by atoms with van der Waals surface area (Å²) >= 11 is 1.50. The Morgan fingerprint density at radius 2 is 2.40 bits per heavy atom. The molecule has 1 aliphatic heterocycles. The van der Waals surface area contributed by atoms with Crippen LogP contribution in [-0.2, 0) is 16.1 Å². The SMILES string of the molecule is CCOC(=O)[C@@H]1CS[C@H](c2c(CO)cnc(C)c2O)N1. The molecule has 20 heavy (non-hydrogen) atoms. The first-order chi connectivity index (χ1) is 9.58. The molecule has 7 heteroatoms. The highest BCUT2D eigenvalue weighted by molar-refractivity contribution is 7.99. The number of esters is 1.